The van der Waals surface area contributed by atoms with Crippen LogP contribution >= 0.6 is 101 Å². The van der Waals surface area contributed by atoms with Crippen molar-refractivity contribution in [1.29, 1.82) is 0 Å². The van der Waals surface area contributed by atoms with Crippen molar-refractivity contribution in [3.8, 4) is 0 Å². The molecule has 0 fully saturated rings. The van der Waals surface area contributed by atoms with Crippen LogP contribution in [-0.4, -0.2) is 259 Å². The molecule has 41 heteroatoms. The van der Waals surface area contributed by atoms with Gasteiger partial charge in [-0.25, -0.2) is 0 Å². The van der Waals surface area contributed by atoms with E-state index in [2.05, 4.69) is 175 Å². The summed E-state index contributed by atoms with van der Waals surface area (Å²) in [5, 5.41) is 46.2. The monoisotopic (exact) mass is 1730 g/mol. The van der Waals surface area contributed by atoms with Gasteiger partial charge in [0.1, 0.15) is 36.3 Å². The van der Waals surface area contributed by atoms with Gasteiger partial charge in [-0.15, -0.1) is 0 Å². The van der Waals surface area contributed by atoms with Crippen molar-refractivity contribution in [2.24, 2.45) is 5.73 Å². The molecular weight excluding hydrogens is 1610 g/mol. The van der Waals surface area contributed by atoms with Gasteiger partial charge in [0, 0.05) is 123 Å². The van der Waals surface area contributed by atoms with E-state index in [0.29, 0.717) is 139 Å². The number of amides is 15. The summed E-state index contributed by atoms with van der Waals surface area (Å²) in [7, 11) is 0. The van der Waals surface area contributed by atoms with Gasteiger partial charge >= 0.3 is 0 Å². The van der Waals surface area contributed by atoms with Crippen LogP contribution in [0.2, 0.25) is 0 Å². The fourth-order valence-corrected chi connectivity index (χ4v) is 12.4. The molecule has 0 aliphatic heterocycles. The predicted octanol–water partition coefficient (Wildman–Crippen LogP) is 0.454. The third-order valence-corrected chi connectivity index (χ3v) is 18.6. The average Bonchev–Trinajstić information content (AvgIpc) is 0.897. The minimum absolute atomic E-state index is 0.00295. The molecule has 17 N–H and O–H groups in total. The van der Waals surface area contributed by atoms with Crippen molar-refractivity contribution < 1.29 is 81.8 Å². The molecule has 0 aromatic carbocycles. The third kappa shape index (κ3) is 59.9. The summed E-state index contributed by atoms with van der Waals surface area (Å²) in [6.07, 6.45) is 9.02. The molecule has 0 saturated heterocycles. The SMILES string of the molecule is NCCCCCC(=O)N(CCNC(=O)[C@H](CCCCNC(=O)[C@H](CCCCNC(=O)CCS)NC(=O)CCS)NC(=O)[C@H](CCCCNC(=O)CCS)NC(=O)CCS)CCNC(=O)[C@H](CCCCNC(=O)[C@H](CCCCNC(=O)CCS)NC(=O)CCS)NC(=O)[C@H](CCCCNC(=O)CCS)NC(=O)CCS.O=CO. The molecule has 0 aliphatic carbocycles. The number of hydrogen-bond donors (Lipinski definition) is 24. The van der Waals surface area contributed by atoms with Crippen LogP contribution in [0.5, 0.6) is 0 Å². The van der Waals surface area contributed by atoms with E-state index in [1.165, 1.54) is 4.90 Å². The highest BCUT2D eigenvalue weighted by Crippen LogP contribution is 2.12. The first-order valence-corrected chi connectivity index (χ1v) is 43.8. The Morgan fingerprint density at radius 1 is 0.268 bits per heavy atom. The lowest BCUT2D eigenvalue weighted by Crippen LogP contribution is -2.55. The number of carboxylic acid groups (broad SMARTS) is 1. The highest BCUT2D eigenvalue weighted by Gasteiger charge is 2.30. The van der Waals surface area contributed by atoms with Crippen LogP contribution in [0.4, 0.5) is 0 Å². The van der Waals surface area contributed by atoms with Crippen LogP contribution in [0.15, 0.2) is 0 Å². The maximum absolute atomic E-state index is 14.4. The van der Waals surface area contributed by atoms with Crippen molar-refractivity contribution in [2.45, 2.75) is 229 Å². The summed E-state index contributed by atoms with van der Waals surface area (Å²) in [6, 6.07) is -6.36. The molecular formula is C71H130N16O17S8. The Morgan fingerprint density at radius 2 is 0.482 bits per heavy atom. The highest BCUT2D eigenvalue weighted by molar-refractivity contribution is 7.81. The standard InChI is InChI=1S/C70H128N16O15S8.CH2O2/c71-31-9-1-2-22-64(95)86(40-38-78-67(98)52(84-69(100)54(82-62(93)29-48-108)20-5-12-34-74-58(89)25-44-104)18-7-14-36-76-65(96)50(80-60(91)27-46-106)16-3-10-32-72-56(87)23-42-102)41-39-79-68(99)53(85-70(101)55(83-63(94)30-49-109)21-6-13-35-75-59(90)26-45-105)19-8-15-37-77-66(97)51(81-61(92)28-47-107)17-4-11-33-73-57(88)24-43-103;2-1-3/h50-55,102-109H,1-49,71H2,(H,72,87)(H,73,88)(H,74,89)(H,75,90)(H,76,96)(H,77,97)(H,78,98)(H,79,99)(H,80,91)(H,81,92)(H,82,93)(H,83,94)(H,84,100)(H,85,101);1H,(H,2,3)/t50-,51-,52-,53-,54-,55-;/m0./s1. The highest BCUT2D eigenvalue weighted by atomic mass is 32.1. The summed E-state index contributed by atoms with van der Waals surface area (Å²) in [5.41, 5.74) is 5.77. The van der Waals surface area contributed by atoms with Gasteiger partial charge in [0.05, 0.1) is 0 Å². The Morgan fingerprint density at radius 3 is 0.723 bits per heavy atom. The number of rotatable bonds is 69. The molecule has 0 aromatic heterocycles. The number of unbranched alkanes of at least 4 members (excludes halogenated alkanes) is 8. The molecule has 0 radical (unpaired) electrons. The molecule has 0 unspecified atom stereocenters. The Labute approximate surface area is 705 Å². The van der Waals surface area contributed by atoms with Gasteiger partial charge in [-0.2, -0.15) is 101 Å². The number of hydrogen-bond acceptors (Lipinski definition) is 25. The molecule has 15 amide bonds. The molecule has 0 bridgehead atoms. The second kappa shape index (κ2) is 74.1. The van der Waals surface area contributed by atoms with Gasteiger partial charge < -0.3 is 90.2 Å². The van der Waals surface area contributed by atoms with E-state index in [1.54, 1.807) is 0 Å². The smallest absolute Gasteiger partial charge is 0.290 e. The fourth-order valence-electron chi connectivity index (χ4n) is 10.8. The number of carbonyl (C=O) groups excluding carboxylic acids is 15. The molecule has 0 saturated carbocycles. The second-order valence-electron chi connectivity index (χ2n) is 26.0. The van der Waals surface area contributed by atoms with Gasteiger partial charge in [0.15, 0.2) is 0 Å². The topological polar surface area (TPSA) is 491 Å². The molecule has 0 spiro atoms. The number of carbonyl (C=O) groups is 16. The van der Waals surface area contributed by atoms with E-state index >= 15 is 0 Å². The van der Waals surface area contributed by atoms with E-state index < -0.39 is 83.5 Å². The number of nitrogens with zero attached hydrogens (tertiary/aromatic N) is 1. The zero-order chi connectivity index (χ0) is 84.0. The lowest BCUT2D eigenvalue weighted by molar-refractivity contribution is -0.133. The summed E-state index contributed by atoms with van der Waals surface area (Å²) in [5.74, 6) is -3.63. The molecule has 0 aromatic rings. The molecule has 112 heavy (non-hydrogen) atoms. The first kappa shape index (κ1) is 108. The van der Waals surface area contributed by atoms with E-state index in [-0.39, 0.29) is 219 Å². The zero-order valence-corrected chi connectivity index (χ0v) is 71.9. The van der Waals surface area contributed by atoms with Crippen molar-refractivity contribution in [1.82, 2.24) is 79.3 Å². The maximum Gasteiger partial charge on any atom is 0.290 e. The molecule has 644 valence electrons. The Kier molecular flexibility index (Phi) is 71.7. The van der Waals surface area contributed by atoms with Crippen LogP contribution in [0.1, 0.15) is 193 Å². The van der Waals surface area contributed by atoms with E-state index in [9.17, 15) is 71.9 Å². The lowest BCUT2D eigenvalue weighted by Gasteiger charge is -2.26. The Hall–Kier alpha value is -5.72. The lowest BCUT2D eigenvalue weighted by atomic mass is 10.0. The van der Waals surface area contributed by atoms with Crippen molar-refractivity contribution >= 4 is 196 Å². The minimum Gasteiger partial charge on any atom is -0.483 e. The summed E-state index contributed by atoms with van der Waals surface area (Å²) in [6.45, 7) is 1.38. The van der Waals surface area contributed by atoms with Gasteiger partial charge in [0.25, 0.3) is 6.47 Å². The quantitative estimate of drug-likeness (QED) is 0.0223. The van der Waals surface area contributed by atoms with E-state index in [4.69, 9.17) is 15.6 Å². The van der Waals surface area contributed by atoms with Gasteiger partial charge in [0.2, 0.25) is 88.6 Å². The Balaban J connectivity index is 0. The van der Waals surface area contributed by atoms with E-state index in [1.807, 2.05) is 0 Å². The van der Waals surface area contributed by atoms with E-state index in [0.717, 1.165) is 0 Å². The average molecular weight is 1740 g/mol. The maximum atomic E-state index is 14.4. The number of thiol groups is 8. The normalized spacial score (nSPS) is 12.3. The second-order valence-corrected chi connectivity index (χ2v) is 29.6. The van der Waals surface area contributed by atoms with Gasteiger partial charge in [-0.3, -0.25) is 76.7 Å². The number of nitrogens with one attached hydrogen (secondary N) is 14. The van der Waals surface area contributed by atoms with Crippen LogP contribution in [0.25, 0.3) is 0 Å². The summed E-state index contributed by atoms with van der Waals surface area (Å²) < 4.78 is 0. The molecule has 33 nitrogen and oxygen atoms in total. The molecule has 0 aliphatic rings. The van der Waals surface area contributed by atoms with Gasteiger partial charge in [-0.1, -0.05) is 6.42 Å². The minimum atomic E-state index is -1.21. The molecule has 0 heterocycles. The van der Waals surface area contributed by atoms with Crippen molar-refractivity contribution in [3.63, 3.8) is 0 Å². The largest absolute Gasteiger partial charge is 0.483 e. The zero-order valence-electron chi connectivity index (χ0n) is 64.8. The summed E-state index contributed by atoms with van der Waals surface area (Å²) >= 11 is 33.0. The fraction of sp³-hybridized carbons (Fsp3) is 0.775. The first-order chi connectivity index (χ1) is 53.9. The molecule has 0 rings (SSSR count). The van der Waals surface area contributed by atoms with Crippen LogP contribution in [-0.2, 0) is 76.7 Å². The molecule has 6 atom stereocenters. The van der Waals surface area contributed by atoms with Crippen LogP contribution in [0.3, 0.4) is 0 Å². The first-order valence-electron chi connectivity index (χ1n) is 38.8. The predicted molar refractivity (Wildman–Crippen MR) is 459 cm³/mol. The Bertz CT molecular complexity index is 2590. The number of nitrogens with two attached hydrogens (primary N) is 1. The van der Waals surface area contributed by atoms with Crippen LogP contribution < -0.4 is 80.2 Å². The van der Waals surface area contributed by atoms with Crippen molar-refractivity contribution in [2.75, 3.05) is 118 Å². The summed E-state index contributed by atoms with van der Waals surface area (Å²) in [4.78, 5) is 208. The van der Waals surface area contributed by atoms with Crippen LogP contribution in [0, 0.1) is 0 Å². The van der Waals surface area contributed by atoms with Gasteiger partial charge in [-0.05, 0) is 181 Å². The van der Waals surface area contributed by atoms with Crippen molar-refractivity contribution in [3.05, 3.63) is 0 Å². The third-order valence-electron chi connectivity index (χ3n) is 16.8.